The van der Waals surface area contributed by atoms with Gasteiger partial charge in [-0.05, 0) is 0 Å². The third-order valence-electron chi connectivity index (χ3n) is 1.56. The fourth-order valence-corrected chi connectivity index (χ4v) is 1.95. The molecule has 7 heteroatoms. The molecule has 0 saturated heterocycles. The number of carbonyl (C=O) groups excluding carboxylic acids is 3. The standard InChI is InChI=1S/C7H5NO5S/c9-1-4-5(2-10)14-6(3-11)8(4)7(12)13/h1-3,6H,(H,12,13). The van der Waals surface area contributed by atoms with E-state index in [1.54, 1.807) is 0 Å². The van der Waals surface area contributed by atoms with Crippen LogP contribution >= 0.6 is 11.8 Å². The molecule has 14 heavy (non-hydrogen) atoms. The van der Waals surface area contributed by atoms with Gasteiger partial charge in [-0.3, -0.25) is 14.5 Å². The number of thioether (sulfide) groups is 1. The molecule has 0 aliphatic carbocycles. The number of rotatable bonds is 3. The van der Waals surface area contributed by atoms with Gasteiger partial charge in [0.05, 0.1) is 4.91 Å². The number of carbonyl (C=O) groups is 4. The molecule has 0 aromatic rings. The molecule has 1 aliphatic heterocycles. The molecule has 1 rings (SSSR count). The molecular weight excluding hydrogens is 210 g/mol. The average molecular weight is 215 g/mol. The summed E-state index contributed by atoms with van der Waals surface area (Å²) in [4.78, 5) is 42.6. The van der Waals surface area contributed by atoms with Crippen molar-refractivity contribution in [2.75, 3.05) is 0 Å². The van der Waals surface area contributed by atoms with Gasteiger partial charge in [0.15, 0.2) is 18.9 Å². The molecule has 74 valence electrons. The Morgan fingerprint density at radius 2 is 2.00 bits per heavy atom. The Labute approximate surface area is 82.6 Å². The van der Waals surface area contributed by atoms with Crippen LogP contribution in [0.5, 0.6) is 0 Å². The normalized spacial score (nSPS) is 20.9. The van der Waals surface area contributed by atoms with Gasteiger partial charge >= 0.3 is 6.09 Å². The largest absolute Gasteiger partial charge is 0.465 e. The van der Waals surface area contributed by atoms with Crippen molar-refractivity contribution >= 4 is 36.7 Å². The molecular formula is C7H5NO5S. The number of carboxylic acid groups (broad SMARTS) is 1. The summed E-state index contributed by atoms with van der Waals surface area (Å²) in [7, 11) is 0. The molecule has 1 aliphatic rings. The summed E-state index contributed by atoms with van der Waals surface area (Å²) in [6, 6.07) is 0. The fourth-order valence-electron chi connectivity index (χ4n) is 1.00. The molecule has 0 aromatic carbocycles. The van der Waals surface area contributed by atoms with E-state index < -0.39 is 11.5 Å². The lowest BCUT2D eigenvalue weighted by molar-refractivity contribution is -0.110. The zero-order valence-corrected chi connectivity index (χ0v) is 7.56. The number of hydrogen-bond acceptors (Lipinski definition) is 5. The summed E-state index contributed by atoms with van der Waals surface area (Å²) in [5, 5.41) is 7.63. The van der Waals surface area contributed by atoms with Crippen LogP contribution in [-0.4, -0.2) is 40.3 Å². The highest BCUT2D eigenvalue weighted by Gasteiger charge is 2.36. The summed E-state index contributed by atoms with van der Waals surface area (Å²) in [5.41, 5.74) is -0.283. The second-order valence-electron chi connectivity index (χ2n) is 2.28. The number of aldehydes is 3. The quantitative estimate of drug-likeness (QED) is 0.658. The van der Waals surface area contributed by atoms with Gasteiger partial charge < -0.3 is 9.90 Å². The van der Waals surface area contributed by atoms with Crippen molar-refractivity contribution in [3.05, 3.63) is 10.6 Å². The van der Waals surface area contributed by atoms with Crippen molar-refractivity contribution in [3.63, 3.8) is 0 Å². The average Bonchev–Trinajstić information content (AvgIpc) is 2.54. The summed E-state index contributed by atoms with van der Waals surface area (Å²) in [6.45, 7) is 0. The zero-order valence-electron chi connectivity index (χ0n) is 6.75. The second-order valence-corrected chi connectivity index (χ2v) is 3.44. The van der Waals surface area contributed by atoms with Crippen LogP contribution in [0.2, 0.25) is 0 Å². The molecule has 1 heterocycles. The smallest absolute Gasteiger partial charge is 0.413 e. The molecule has 0 aromatic heterocycles. The van der Waals surface area contributed by atoms with E-state index in [0.29, 0.717) is 17.5 Å². The second kappa shape index (κ2) is 4.05. The van der Waals surface area contributed by atoms with E-state index in [-0.39, 0.29) is 16.9 Å². The Hall–Kier alpha value is -1.63. The summed E-state index contributed by atoms with van der Waals surface area (Å²) in [5.74, 6) is 0. The lowest BCUT2D eigenvalue weighted by atomic mass is 10.4. The number of amides is 1. The minimum absolute atomic E-state index is 0.0421. The molecule has 0 spiro atoms. The van der Waals surface area contributed by atoms with E-state index >= 15 is 0 Å². The Morgan fingerprint density at radius 1 is 1.36 bits per heavy atom. The first-order chi connectivity index (χ1) is 6.65. The van der Waals surface area contributed by atoms with Crippen molar-refractivity contribution in [2.45, 2.75) is 5.37 Å². The van der Waals surface area contributed by atoms with Crippen LogP contribution in [0.1, 0.15) is 0 Å². The van der Waals surface area contributed by atoms with Crippen LogP contribution in [0.4, 0.5) is 4.79 Å². The zero-order chi connectivity index (χ0) is 10.7. The van der Waals surface area contributed by atoms with Crippen LogP contribution in [-0.2, 0) is 14.4 Å². The van der Waals surface area contributed by atoms with Gasteiger partial charge in [0, 0.05) is 0 Å². The Bertz CT molecular complexity index is 337. The fraction of sp³-hybridized carbons (Fsp3) is 0.143. The van der Waals surface area contributed by atoms with Crippen molar-refractivity contribution in [1.29, 1.82) is 0 Å². The maximum Gasteiger partial charge on any atom is 0.413 e. The van der Waals surface area contributed by atoms with E-state index in [0.717, 1.165) is 11.8 Å². The summed E-state index contributed by atoms with van der Waals surface area (Å²) < 4.78 is 0. The van der Waals surface area contributed by atoms with Crippen molar-refractivity contribution in [3.8, 4) is 0 Å². The molecule has 6 nitrogen and oxygen atoms in total. The maximum absolute atomic E-state index is 10.6. The van der Waals surface area contributed by atoms with Crippen LogP contribution in [0, 0.1) is 0 Å². The molecule has 0 bridgehead atoms. The molecule has 0 radical (unpaired) electrons. The maximum atomic E-state index is 10.6. The third kappa shape index (κ3) is 1.53. The van der Waals surface area contributed by atoms with Crippen molar-refractivity contribution in [1.82, 2.24) is 4.90 Å². The first kappa shape index (κ1) is 10.5. The lowest BCUT2D eigenvalue weighted by Gasteiger charge is -2.15. The molecule has 0 saturated carbocycles. The van der Waals surface area contributed by atoms with Crippen LogP contribution < -0.4 is 0 Å². The van der Waals surface area contributed by atoms with Gasteiger partial charge in [0.2, 0.25) is 0 Å². The molecule has 1 atom stereocenters. The van der Waals surface area contributed by atoms with Gasteiger partial charge in [0.25, 0.3) is 0 Å². The van der Waals surface area contributed by atoms with Crippen LogP contribution in [0.15, 0.2) is 10.6 Å². The van der Waals surface area contributed by atoms with Crippen LogP contribution in [0.3, 0.4) is 0 Å². The van der Waals surface area contributed by atoms with E-state index in [4.69, 9.17) is 5.11 Å². The topological polar surface area (TPSA) is 91.8 Å². The van der Waals surface area contributed by atoms with Gasteiger partial charge in [0.1, 0.15) is 11.1 Å². The molecule has 0 fully saturated rings. The van der Waals surface area contributed by atoms with E-state index in [9.17, 15) is 19.2 Å². The number of hydrogen-bond donors (Lipinski definition) is 1. The summed E-state index contributed by atoms with van der Waals surface area (Å²) in [6.07, 6.45) is -0.477. The third-order valence-corrected chi connectivity index (χ3v) is 2.68. The lowest BCUT2D eigenvalue weighted by Crippen LogP contribution is -2.34. The SMILES string of the molecule is O=CC1=C(C=O)N(C(=O)O)C(C=O)S1. The predicted molar refractivity (Wildman–Crippen MR) is 46.5 cm³/mol. The highest BCUT2D eigenvalue weighted by molar-refractivity contribution is 8.05. The minimum Gasteiger partial charge on any atom is -0.465 e. The van der Waals surface area contributed by atoms with Crippen molar-refractivity contribution in [2.24, 2.45) is 0 Å². The highest BCUT2D eigenvalue weighted by Crippen LogP contribution is 2.34. The Morgan fingerprint density at radius 3 is 2.36 bits per heavy atom. The van der Waals surface area contributed by atoms with Gasteiger partial charge in [-0.2, -0.15) is 0 Å². The highest BCUT2D eigenvalue weighted by atomic mass is 32.2. The van der Waals surface area contributed by atoms with E-state index in [2.05, 4.69) is 0 Å². The van der Waals surface area contributed by atoms with Crippen molar-refractivity contribution < 1.29 is 24.3 Å². The minimum atomic E-state index is -1.44. The van der Waals surface area contributed by atoms with E-state index in [1.165, 1.54) is 0 Å². The number of nitrogens with zero attached hydrogens (tertiary/aromatic N) is 1. The first-order valence-electron chi connectivity index (χ1n) is 3.44. The van der Waals surface area contributed by atoms with Gasteiger partial charge in [-0.15, -0.1) is 0 Å². The monoisotopic (exact) mass is 215 g/mol. The Balaban J connectivity index is 3.13. The first-order valence-corrected chi connectivity index (χ1v) is 4.32. The Kier molecular flexibility index (Phi) is 3.03. The molecule has 1 amide bonds. The van der Waals surface area contributed by atoms with Gasteiger partial charge in [-0.1, -0.05) is 11.8 Å². The van der Waals surface area contributed by atoms with Crippen LogP contribution in [0.25, 0.3) is 0 Å². The summed E-state index contributed by atoms with van der Waals surface area (Å²) >= 11 is 0.737. The number of allylic oxidation sites excluding steroid dienone is 2. The predicted octanol–water partition coefficient (Wildman–Crippen LogP) is -0.152. The van der Waals surface area contributed by atoms with Gasteiger partial charge in [-0.25, -0.2) is 4.79 Å². The molecule has 1 N–H and O–H groups in total. The molecule has 1 unspecified atom stereocenters. The van der Waals surface area contributed by atoms with E-state index in [1.807, 2.05) is 0 Å².